The minimum atomic E-state index is -0.713. The van der Waals surface area contributed by atoms with Gasteiger partial charge in [0.2, 0.25) is 5.82 Å². The number of carboxylic acid groups (broad SMARTS) is 1. The van der Waals surface area contributed by atoms with Gasteiger partial charge in [0, 0.05) is 22.9 Å². The minimum absolute atomic E-state index is 0.0323. The van der Waals surface area contributed by atoms with Crippen LogP contribution in [0.1, 0.15) is 33.1 Å². The molecule has 0 radical (unpaired) electrons. The number of benzene rings is 2. The van der Waals surface area contributed by atoms with Crippen LogP contribution in [0.3, 0.4) is 0 Å². The van der Waals surface area contributed by atoms with Gasteiger partial charge in [-0.3, -0.25) is 4.79 Å². The third kappa shape index (κ3) is 4.99. The number of aromatic nitrogens is 2. The zero-order valence-corrected chi connectivity index (χ0v) is 18.1. The molecule has 4 rings (SSSR count). The summed E-state index contributed by atoms with van der Waals surface area (Å²) in [6.07, 6.45) is 2.25. The van der Waals surface area contributed by atoms with Gasteiger partial charge < -0.3 is 19.7 Å². The molecule has 0 unspecified atom stereocenters. The molecule has 1 saturated carbocycles. The Morgan fingerprint density at radius 3 is 2.58 bits per heavy atom. The van der Waals surface area contributed by atoms with Crippen LogP contribution < -0.4 is 10.1 Å². The average molecular weight is 442 g/mol. The smallest absolute Gasteiger partial charge is 0.306 e. The number of hydrogen-bond donors (Lipinski definition) is 2. The standard InChI is InChI=1S/C23H24ClN3O4/c1-13(2)30-20-10-6-15(12-19(20)24)21-26-22(31-27-21)14-3-7-17(8-4-14)25-18-9-5-16(11-18)23(28)29/h3-4,6-8,10,12-13,16,18,25H,5,9,11H2,1-2H3,(H,28,29)/t16-,18+/m1/s1. The fraction of sp³-hybridized carbons (Fsp3) is 0.348. The number of carboxylic acids is 1. The fourth-order valence-corrected chi connectivity index (χ4v) is 3.95. The molecule has 2 atom stereocenters. The van der Waals surface area contributed by atoms with Crippen LogP contribution in [-0.2, 0) is 4.79 Å². The van der Waals surface area contributed by atoms with Crippen molar-refractivity contribution in [3.8, 4) is 28.6 Å². The molecule has 0 bridgehead atoms. The third-order valence-electron chi connectivity index (χ3n) is 5.26. The van der Waals surface area contributed by atoms with Crippen molar-refractivity contribution < 1.29 is 19.2 Å². The summed E-state index contributed by atoms with van der Waals surface area (Å²) < 4.78 is 11.1. The van der Waals surface area contributed by atoms with Crippen molar-refractivity contribution in [3.05, 3.63) is 47.5 Å². The molecule has 1 aliphatic rings. The van der Waals surface area contributed by atoms with Gasteiger partial charge in [0.25, 0.3) is 5.89 Å². The van der Waals surface area contributed by atoms with E-state index in [1.165, 1.54) is 0 Å². The van der Waals surface area contributed by atoms with E-state index in [9.17, 15) is 4.79 Å². The van der Waals surface area contributed by atoms with Gasteiger partial charge in [-0.1, -0.05) is 16.8 Å². The Morgan fingerprint density at radius 1 is 1.19 bits per heavy atom. The number of nitrogens with zero attached hydrogens (tertiary/aromatic N) is 2. The predicted molar refractivity (Wildman–Crippen MR) is 118 cm³/mol. The molecule has 1 heterocycles. The van der Waals surface area contributed by atoms with Gasteiger partial charge >= 0.3 is 5.97 Å². The molecule has 2 aromatic carbocycles. The van der Waals surface area contributed by atoms with E-state index >= 15 is 0 Å². The predicted octanol–water partition coefficient (Wildman–Crippen LogP) is 5.51. The van der Waals surface area contributed by atoms with Crippen LogP contribution >= 0.6 is 11.6 Å². The number of ether oxygens (including phenoxy) is 1. The topological polar surface area (TPSA) is 97.5 Å². The lowest BCUT2D eigenvalue weighted by Gasteiger charge is -2.14. The second-order valence-electron chi connectivity index (χ2n) is 8.00. The third-order valence-corrected chi connectivity index (χ3v) is 5.56. The van der Waals surface area contributed by atoms with Gasteiger partial charge in [0.1, 0.15) is 5.75 Å². The summed E-state index contributed by atoms with van der Waals surface area (Å²) in [5, 5.41) is 17.1. The van der Waals surface area contributed by atoms with Crippen molar-refractivity contribution in [2.45, 2.75) is 45.3 Å². The van der Waals surface area contributed by atoms with E-state index < -0.39 is 5.97 Å². The Labute approximate surface area is 185 Å². The first-order chi connectivity index (χ1) is 14.9. The second kappa shape index (κ2) is 8.98. The van der Waals surface area contributed by atoms with Crippen LogP contribution in [0.5, 0.6) is 5.75 Å². The summed E-state index contributed by atoms with van der Waals surface area (Å²) in [7, 11) is 0. The number of hydrogen-bond acceptors (Lipinski definition) is 6. The monoisotopic (exact) mass is 441 g/mol. The Morgan fingerprint density at radius 2 is 1.94 bits per heavy atom. The summed E-state index contributed by atoms with van der Waals surface area (Å²) >= 11 is 6.31. The Balaban J connectivity index is 1.43. The first kappa shape index (κ1) is 21.2. The molecular formula is C23H24ClN3O4. The molecule has 1 aromatic heterocycles. The number of halogens is 1. The van der Waals surface area contributed by atoms with E-state index in [1.54, 1.807) is 12.1 Å². The van der Waals surface area contributed by atoms with Gasteiger partial charge in [-0.2, -0.15) is 4.98 Å². The quantitative estimate of drug-likeness (QED) is 0.498. The summed E-state index contributed by atoms with van der Waals surface area (Å²) in [4.78, 5) is 15.6. The lowest BCUT2D eigenvalue weighted by molar-refractivity contribution is -0.141. The minimum Gasteiger partial charge on any atom is -0.489 e. The lowest BCUT2D eigenvalue weighted by atomic mass is 10.1. The van der Waals surface area contributed by atoms with Crippen LogP contribution in [0.25, 0.3) is 22.8 Å². The van der Waals surface area contributed by atoms with Gasteiger partial charge in [0.15, 0.2) is 0 Å². The largest absolute Gasteiger partial charge is 0.489 e. The van der Waals surface area contributed by atoms with Crippen LogP contribution in [0.4, 0.5) is 5.69 Å². The summed E-state index contributed by atoms with van der Waals surface area (Å²) in [5.41, 5.74) is 2.47. The molecule has 1 aliphatic carbocycles. The van der Waals surface area contributed by atoms with Gasteiger partial charge in [-0.25, -0.2) is 0 Å². The molecule has 2 N–H and O–H groups in total. The van der Waals surface area contributed by atoms with Gasteiger partial charge in [-0.05, 0) is 75.6 Å². The number of aliphatic carboxylic acids is 1. The number of anilines is 1. The average Bonchev–Trinajstić information content (AvgIpc) is 3.40. The molecule has 162 valence electrons. The lowest BCUT2D eigenvalue weighted by Crippen LogP contribution is -2.17. The molecule has 0 amide bonds. The van der Waals surface area contributed by atoms with Crippen molar-refractivity contribution in [1.82, 2.24) is 10.1 Å². The number of carbonyl (C=O) groups is 1. The summed E-state index contributed by atoms with van der Waals surface area (Å²) in [6, 6.07) is 13.2. The van der Waals surface area contributed by atoms with E-state index in [0.717, 1.165) is 23.2 Å². The number of rotatable bonds is 7. The van der Waals surface area contributed by atoms with Crippen LogP contribution in [0, 0.1) is 5.92 Å². The zero-order chi connectivity index (χ0) is 22.0. The van der Waals surface area contributed by atoms with Crippen molar-refractivity contribution in [2.75, 3.05) is 5.32 Å². The van der Waals surface area contributed by atoms with E-state index in [4.69, 9.17) is 26.0 Å². The van der Waals surface area contributed by atoms with Crippen molar-refractivity contribution in [2.24, 2.45) is 5.92 Å². The molecule has 0 saturated heterocycles. The molecule has 31 heavy (non-hydrogen) atoms. The molecule has 7 nitrogen and oxygen atoms in total. The first-order valence-electron chi connectivity index (χ1n) is 10.3. The Bertz CT molecular complexity index is 1060. The molecule has 8 heteroatoms. The molecule has 0 spiro atoms. The van der Waals surface area contributed by atoms with Crippen LogP contribution in [-0.4, -0.2) is 33.4 Å². The highest BCUT2D eigenvalue weighted by atomic mass is 35.5. The summed E-state index contributed by atoms with van der Waals surface area (Å²) in [5.74, 6) is 0.500. The maximum Gasteiger partial charge on any atom is 0.306 e. The van der Waals surface area contributed by atoms with E-state index in [-0.39, 0.29) is 18.1 Å². The van der Waals surface area contributed by atoms with E-state index in [0.29, 0.717) is 35.3 Å². The Hall–Kier alpha value is -3.06. The SMILES string of the molecule is CC(C)Oc1ccc(-c2noc(-c3ccc(N[C@H]4CC[C@@H](C(=O)O)C4)cc3)n2)cc1Cl. The van der Waals surface area contributed by atoms with Gasteiger partial charge in [-0.15, -0.1) is 0 Å². The fourth-order valence-electron chi connectivity index (χ4n) is 3.73. The number of nitrogens with one attached hydrogen (secondary N) is 1. The highest BCUT2D eigenvalue weighted by Gasteiger charge is 2.29. The van der Waals surface area contributed by atoms with Crippen LogP contribution in [0.2, 0.25) is 5.02 Å². The van der Waals surface area contributed by atoms with Crippen LogP contribution in [0.15, 0.2) is 47.0 Å². The van der Waals surface area contributed by atoms with Gasteiger partial charge in [0.05, 0.1) is 17.0 Å². The molecular weight excluding hydrogens is 418 g/mol. The maximum absolute atomic E-state index is 11.1. The normalized spacial score (nSPS) is 18.3. The highest BCUT2D eigenvalue weighted by molar-refractivity contribution is 6.32. The van der Waals surface area contributed by atoms with Crippen molar-refractivity contribution >= 4 is 23.3 Å². The molecule has 3 aromatic rings. The Kier molecular flexibility index (Phi) is 6.13. The van der Waals surface area contributed by atoms with E-state index in [1.807, 2.05) is 44.2 Å². The van der Waals surface area contributed by atoms with Crippen molar-refractivity contribution in [1.29, 1.82) is 0 Å². The first-order valence-corrected chi connectivity index (χ1v) is 10.7. The second-order valence-corrected chi connectivity index (χ2v) is 8.41. The van der Waals surface area contributed by atoms with Crippen molar-refractivity contribution in [3.63, 3.8) is 0 Å². The zero-order valence-electron chi connectivity index (χ0n) is 17.3. The highest BCUT2D eigenvalue weighted by Crippen LogP contribution is 2.32. The molecule has 0 aliphatic heterocycles. The summed E-state index contributed by atoms with van der Waals surface area (Å²) in [6.45, 7) is 3.88. The van der Waals surface area contributed by atoms with E-state index in [2.05, 4.69) is 15.5 Å². The molecule has 1 fully saturated rings. The maximum atomic E-state index is 11.1.